The molecule has 3 aromatic heterocycles. The van der Waals surface area contributed by atoms with Gasteiger partial charge in [0.25, 0.3) is 0 Å². The van der Waals surface area contributed by atoms with Crippen molar-refractivity contribution < 1.29 is 4.52 Å². The monoisotopic (exact) mass is 423 g/mol. The maximum Gasteiger partial charge on any atom is 0.439 e. The molecule has 0 aromatic carbocycles. The summed E-state index contributed by atoms with van der Waals surface area (Å²) in [4.78, 5) is 27.9. The highest BCUT2D eigenvalue weighted by Gasteiger charge is 2.44. The van der Waals surface area contributed by atoms with Crippen LogP contribution in [-0.4, -0.2) is 35.7 Å². The van der Waals surface area contributed by atoms with Crippen LogP contribution in [0, 0.1) is 17.3 Å². The molecule has 3 fully saturated rings. The first-order chi connectivity index (χ1) is 15.1. The Bertz CT molecular complexity index is 1140. The first-order valence-corrected chi connectivity index (χ1v) is 11.6. The summed E-state index contributed by atoms with van der Waals surface area (Å²) in [5, 5.41) is 7.39. The fraction of sp³-hybridized carbons (Fsp3) is 0.682. The summed E-state index contributed by atoms with van der Waals surface area (Å²) in [6.45, 7) is 3.16. The van der Waals surface area contributed by atoms with E-state index in [0.717, 1.165) is 17.9 Å². The molecule has 1 unspecified atom stereocenters. The Kier molecular flexibility index (Phi) is 4.40. The molecule has 0 amide bonds. The van der Waals surface area contributed by atoms with Crippen LogP contribution in [0.25, 0.3) is 22.8 Å². The average molecular weight is 424 g/mol. The molecule has 0 saturated heterocycles. The molecule has 1 atom stereocenters. The highest BCUT2D eigenvalue weighted by Crippen LogP contribution is 2.57. The molecule has 31 heavy (non-hydrogen) atoms. The number of H-pyrrole nitrogens is 1. The van der Waals surface area contributed by atoms with Crippen molar-refractivity contribution in [2.45, 2.75) is 77.3 Å². The Morgan fingerprint density at radius 3 is 2.68 bits per heavy atom. The SMILES string of the molecule is CC(Nc1nc(-c2noc(=O)[nH]2)nc2ncn(CC3CCC4(CC3)CC4)c12)C1CCC1. The van der Waals surface area contributed by atoms with Crippen molar-refractivity contribution in [1.29, 1.82) is 0 Å². The van der Waals surface area contributed by atoms with Crippen LogP contribution in [-0.2, 0) is 6.54 Å². The minimum absolute atomic E-state index is 0.225. The minimum atomic E-state index is -0.618. The van der Waals surface area contributed by atoms with E-state index in [1.807, 2.05) is 6.33 Å². The Hall–Kier alpha value is -2.71. The topological polar surface area (TPSA) is 115 Å². The lowest BCUT2D eigenvalue weighted by molar-refractivity contribution is 0.238. The number of nitrogens with zero attached hydrogens (tertiary/aromatic N) is 5. The third-order valence-electron chi connectivity index (χ3n) is 7.92. The van der Waals surface area contributed by atoms with E-state index in [-0.39, 0.29) is 5.82 Å². The summed E-state index contributed by atoms with van der Waals surface area (Å²) >= 11 is 0. The second-order valence-corrected chi connectivity index (χ2v) is 9.98. The van der Waals surface area contributed by atoms with Gasteiger partial charge in [-0.25, -0.2) is 19.7 Å². The van der Waals surface area contributed by atoms with E-state index < -0.39 is 5.76 Å². The maximum absolute atomic E-state index is 11.4. The molecule has 9 nitrogen and oxygen atoms in total. The molecule has 9 heteroatoms. The lowest BCUT2D eigenvalue weighted by atomic mass is 9.80. The Morgan fingerprint density at radius 1 is 1.23 bits per heavy atom. The molecule has 0 aliphatic heterocycles. The third-order valence-corrected chi connectivity index (χ3v) is 7.92. The Balaban J connectivity index is 1.34. The number of fused-ring (bicyclic) bond motifs is 1. The van der Waals surface area contributed by atoms with E-state index in [4.69, 9.17) is 4.98 Å². The molecular formula is C22H29N7O2. The van der Waals surface area contributed by atoms with Crippen LogP contribution in [0.1, 0.15) is 64.7 Å². The lowest BCUT2D eigenvalue weighted by Gasteiger charge is -2.32. The van der Waals surface area contributed by atoms with Gasteiger partial charge in [-0.3, -0.25) is 9.51 Å². The normalized spacial score (nSPS) is 22.0. The molecule has 0 bridgehead atoms. The van der Waals surface area contributed by atoms with Crippen LogP contribution >= 0.6 is 0 Å². The van der Waals surface area contributed by atoms with E-state index >= 15 is 0 Å². The largest absolute Gasteiger partial charge is 0.439 e. The lowest BCUT2D eigenvalue weighted by Crippen LogP contribution is -2.31. The van der Waals surface area contributed by atoms with Gasteiger partial charge in [0.2, 0.25) is 11.6 Å². The molecule has 0 radical (unpaired) electrons. The van der Waals surface area contributed by atoms with Gasteiger partial charge in [0, 0.05) is 12.6 Å². The fourth-order valence-electron chi connectivity index (χ4n) is 5.35. The van der Waals surface area contributed by atoms with Crippen LogP contribution in [0.3, 0.4) is 0 Å². The molecule has 3 aliphatic carbocycles. The van der Waals surface area contributed by atoms with Gasteiger partial charge in [-0.1, -0.05) is 11.6 Å². The van der Waals surface area contributed by atoms with Crippen LogP contribution < -0.4 is 11.1 Å². The van der Waals surface area contributed by atoms with Crippen LogP contribution in [0.2, 0.25) is 0 Å². The zero-order valence-corrected chi connectivity index (χ0v) is 17.9. The highest BCUT2D eigenvalue weighted by molar-refractivity contribution is 5.85. The van der Waals surface area contributed by atoms with E-state index in [1.54, 1.807) is 0 Å². The molecule has 164 valence electrons. The molecule has 6 rings (SSSR count). The zero-order chi connectivity index (χ0) is 21.0. The van der Waals surface area contributed by atoms with Gasteiger partial charge in [0.05, 0.1) is 6.33 Å². The molecule has 3 saturated carbocycles. The van der Waals surface area contributed by atoms with E-state index in [9.17, 15) is 4.79 Å². The molecule has 3 aromatic rings. The average Bonchev–Trinajstić information content (AvgIpc) is 3.12. The zero-order valence-electron chi connectivity index (χ0n) is 17.9. The summed E-state index contributed by atoms with van der Waals surface area (Å²) in [7, 11) is 0. The standard InChI is InChI=1S/C22H29N7O2/c1-13(15-3-2-4-15)24-18-16-17(25-19(26-18)20-27-21(30)31-28-20)23-12-29(16)11-14-5-7-22(8-6-14)9-10-22/h12-15H,2-11H2,1H3,(H,24,25,26)(H,27,28,30). The summed E-state index contributed by atoms with van der Waals surface area (Å²) in [6, 6.07) is 0.309. The van der Waals surface area contributed by atoms with E-state index in [0.29, 0.717) is 34.8 Å². The first-order valence-electron chi connectivity index (χ1n) is 11.6. The third kappa shape index (κ3) is 3.53. The maximum atomic E-state index is 11.4. The molecule has 3 aliphatic rings. The number of aromatic amines is 1. The molecule has 2 N–H and O–H groups in total. The molecular weight excluding hydrogens is 394 g/mol. The number of nitrogens with one attached hydrogen (secondary N) is 2. The fourth-order valence-corrected chi connectivity index (χ4v) is 5.35. The van der Waals surface area contributed by atoms with Gasteiger partial charge >= 0.3 is 5.76 Å². The predicted molar refractivity (Wildman–Crippen MR) is 115 cm³/mol. The van der Waals surface area contributed by atoms with Crippen molar-refractivity contribution in [1.82, 2.24) is 29.7 Å². The number of imidazole rings is 1. The summed E-state index contributed by atoms with van der Waals surface area (Å²) in [5.74, 6) is 2.02. The second kappa shape index (κ2) is 7.17. The smallest absolute Gasteiger partial charge is 0.365 e. The van der Waals surface area contributed by atoms with Crippen LogP contribution in [0.5, 0.6) is 0 Å². The van der Waals surface area contributed by atoms with Gasteiger partial charge in [-0.15, -0.1) is 0 Å². The number of hydrogen-bond donors (Lipinski definition) is 2. The van der Waals surface area contributed by atoms with Gasteiger partial charge in [-0.2, -0.15) is 0 Å². The number of anilines is 1. The van der Waals surface area contributed by atoms with Gasteiger partial charge in [0.15, 0.2) is 11.5 Å². The van der Waals surface area contributed by atoms with Crippen molar-refractivity contribution in [2.24, 2.45) is 17.3 Å². The van der Waals surface area contributed by atoms with Crippen LogP contribution in [0.15, 0.2) is 15.6 Å². The van der Waals surface area contributed by atoms with Crippen molar-refractivity contribution in [3.8, 4) is 11.6 Å². The highest BCUT2D eigenvalue weighted by atomic mass is 16.5. The van der Waals surface area contributed by atoms with Crippen molar-refractivity contribution in [3.63, 3.8) is 0 Å². The van der Waals surface area contributed by atoms with Crippen molar-refractivity contribution in [2.75, 3.05) is 5.32 Å². The second-order valence-electron chi connectivity index (χ2n) is 9.98. The van der Waals surface area contributed by atoms with Crippen molar-refractivity contribution in [3.05, 3.63) is 16.9 Å². The number of rotatable bonds is 6. The van der Waals surface area contributed by atoms with Gasteiger partial charge in [0.1, 0.15) is 5.52 Å². The van der Waals surface area contributed by atoms with Gasteiger partial charge in [-0.05, 0) is 75.5 Å². The number of hydrogen-bond acceptors (Lipinski definition) is 7. The van der Waals surface area contributed by atoms with Gasteiger partial charge < -0.3 is 9.88 Å². The predicted octanol–water partition coefficient (Wildman–Crippen LogP) is 3.74. The number of aromatic nitrogens is 6. The minimum Gasteiger partial charge on any atom is -0.365 e. The Labute approximate surface area is 180 Å². The summed E-state index contributed by atoms with van der Waals surface area (Å²) in [5.41, 5.74) is 2.25. The van der Waals surface area contributed by atoms with E-state index in [2.05, 4.69) is 41.4 Å². The van der Waals surface area contributed by atoms with Crippen LogP contribution in [0.4, 0.5) is 5.82 Å². The molecule has 3 heterocycles. The summed E-state index contributed by atoms with van der Waals surface area (Å²) < 4.78 is 6.88. The quantitative estimate of drug-likeness (QED) is 0.620. The van der Waals surface area contributed by atoms with E-state index in [1.165, 1.54) is 57.8 Å². The van der Waals surface area contributed by atoms with Crippen molar-refractivity contribution >= 4 is 17.0 Å². The summed E-state index contributed by atoms with van der Waals surface area (Å²) in [6.07, 6.45) is 13.9. The first kappa shape index (κ1) is 19.0. The molecule has 1 spiro atoms. The Morgan fingerprint density at radius 2 is 2.03 bits per heavy atom.